The first-order valence-electron chi connectivity index (χ1n) is 16.9. The van der Waals surface area contributed by atoms with Gasteiger partial charge in [-0.1, -0.05) is 26.8 Å². The number of hydrogen-bond acceptors (Lipinski definition) is 9. The third-order valence-corrected chi connectivity index (χ3v) is 10.4. The number of nitrogens with one attached hydrogen (secondary N) is 3. The molecule has 0 radical (unpaired) electrons. The van der Waals surface area contributed by atoms with Crippen LogP contribution in [0.3, 0.4) is 0 Å². The van der Waals surface area contributed by atoms with Crippen molar-refractivity contribution in [1.29, 1.82) is 0 Å². The molecule has 4 atom stereocenters. The molecule has 292 valence electrons. The molecule has 1 aromatic heterocycles. The van der Waals surface area contributed by atoms with E-state index in [2.05, 4.69) is 22.2 Å². The summed E-state index contributed by atoms with van der Waals surface area (Å²) in [6.07, 6.45) is -5.57. The van der Waals surface area contributed by atoms with Crippen molar-refractivity contribution < 1.29 is 54.6 Å². The van der Waals surface area contributed by atoms with Crippen LogP contribution < -0.4 is 20.1 Å². The first-order chi connectivity index (χ1) is 24.2. The third kappa shape index (κ3) is 10.1. The summed E-state index contributed by atoms with van der Waals surface area (Å²) in [7, 11) is -4.03. The van der Waals surface area contributed by atoms with Crippen LogP contribution in [0.4, 0.5) is 22.4 Å². The fourth-order valence-electron chi connectivity index (χ4n) is 5.75. The highest BCUT2D eigenvalue weighted by molar-refractivity contribution is 7.91. The molecule has 0 spiro atoms. The predicted molar refractivity (Wildman–Crippen MR) is 185 cm³/mol. The summed E-state index contributed by atoms with van der Waals surface area (Å²) in [4.78, 5) is 59.4. The van der Waals surface area contributed by atoms with Gasteiger partial charge in [-0.15, -0.1) is 6.58 Å². The fourth-order valence-corrected chi connectivity index (χ4v) is 7.16. The van der Waals surface area contributed by atoms with Gasteiger partial charge in [0.2, 0.25) is 21.8 Å². The number of nitrogens with zero attached hydrogens (tertiary/aromatic N) is 2. The molecule has 2 aromatic rings. The van der Waals surface area contributed by atoms with Crippen LogP contribution in [0.25, 0.3) is 10.9 Å². The normalized spacial score (nSPS) is 19.9. The van der Waals surface area contributed by atoms with Gasteiger partial charge >= 0.3 is 12.3 Å². The van der Waals surface area contributed by atoms with Gasteiger partial charge in [-0.25, -0.2) is 22.6 Å². The lowest BCUT2D eigenvalue weighted by Crippen LogP contribution is -2.62. The molecule has 53 heavy (non-hydrogen) atoms. The number of fused-ring (bicyclic) bond motifs is 1. The number of benzene rings is 1. The minimum atomic E-state index is -4.91. The zero-order valence-electron chi connectivity index (χ0n) is 30.5. The number of pyridine rings is 1. The van der Waals surface area contributed by atoms with Crippen molar-refractivity contribution in [2.45, 2.75) is 115 Å². The molecule has 1 saturated carbocycles. The SMILES string of the molecule is C=CC[C@](C)(NC(=O)[C@H]1C[C@@H](Oc2cc(C(F)(F)F)nc3ccc(F)cc23)CN1C(=O)[C@@H](NC(=O)OC(C)(C)C)C(C)(C)C)C(=O)NS(=O)(=O)C1CC1. The second-order valence-corrected chi connectivity index (χ2v) is 17.5. The first kappa shape index (κ1) is 41.3. The van der Waals surface area contributed by atoms with Gasteiger partial charge in [-0.2, -0.15) is 13.2 Å². The molecule has 2 aliphatic rings. The average molecular weight is 772 g/mol. The topological polar surface area (TPSA) is 173 Å². The van der Waals surface area contributed by atoms with E-state index >= 15 is 0 Å². The molecule has 1 aliphatic carbocycles. The smallest absolute Gasteiger partial charge is 0.433 e. The maximum atomic E-state index is 14.4. The molecule has 0 bridgehead atoms. The Hall–Kier alpha value is -4.48. The molecular weight excluding hydrogens is 726 g/mol. The minimum absolute atomic E-state index is 0.102. The highest BCUT2D eigenvalue weighted by Gasteiger charge is 2.49. The number of rotatable bonds is 11. The number of amides is 4. The van der Waals surface area contributed by atoms with Gasteiger partial charge in [-0.3, -0.25) is 19.1 Å². The van der Waals surface area contributed by atoms with Crippen molar-refractivity contribution >= 4 is 44.7 Å². The van der Waals surface area contributed by atoms with E-state index in [1.54, 1.807) is 41.5 Å². The first-order valence-corrected chi connectivity index (χ1v) is 18.4. The second kappa shape index (κ2) is 14.7. The van der Waals surface area contributed by atoms with Crippen LogP contribution in [0.1, 0.15) is 79.8 Å². The molecule has 3 N–H and O–H groups in total. The quantitative estimate of drug-likeness (QED) is 0.216. The maximum Gasteiger partial charge on any atom is 0.433 e. The number of sulfonamides is 1. The van der Waals surface area contributed by atoms with E-state index in [9.17, 15) is 45.2 Å². The van der Waals surface area contributed by atoms with E-state index in [1.807, 2.05) is 4.72 Å². The van der Waals surface area contributed by atoms with Crippen LogP contribution in [0.15, 0.2) is 36.9 Å². The number of alkyl carbamates (subject to hydrolysis) is 1. The van der Waals surface area contributed by atoms with Crippen LogP contribution in [0, 0.1) is 11.2 Å². The van der Waals surface area contributed by atoms with Crippen LogP contribution in [0.5, 0.6) is 5.75 Å². The summed E-state index contributed by atoms with van der Waals surface area (Å²) in [5.74, 6) is -3.97. The number of ether oxygens (including phenoxy) is 2. The largest absolute Gasteiger partial charge is 0.488 e. The van der Waals surface area contributed by atoms with Crippen molar-refractivity contribution in [3.8, 4) is 5.75 Å². The van der Waals surface area contributed by atoms with Crippen molar-refractivity contribution in [2.24, 2.45) is 5.41 Å². The summed E-state index contributed by atoms with van der Waals surface area (Å²) < 4.78 is 94.5. The monoisotopic (exact) mass is 771 g/mol. The molecule has 0 unspecified atom stereocenters. The Morgan fingerprint density at radius 1 is 1.06 bits per heavy atom. The predicted octanol–water partition coefficient (Wildman–Crippen LogP) is 4.74. The van der Waals surface area contributed by atoms with Crippen molar-refractivity contribution in [3.05, 3.63) is 48.4 Å². The lowest BCUT2D eigenvalue weighted by Gasteiger charge is -2.36. The van der Waals surface area contributed by atoms with E-state index in [-0.39, 0.29) is 23.7 Å². The number of aromatic nitrogens is 1. The van der Waals surface area contributed by atoms with Crippen molar-refractivity contribution in [1.82, 2.24) is 25.2 Å². The lowest BCUT2D eigenvalue weighted by atomic mass is 9.85. The Morgan fingerprint density at radius 2 is 1.70 bits per heavy atom. The van der Waals surface area contributed by atoms with Gasteiger partial charge in [0, 0.05) is 17.9 Å². The average Bonchev–Trinajstić information content (AvgIpc) is 3.79. The highest BCUT2D eigenvalue weighted by Crippen LogP contribution is 2.37. The third-order valence-electron chi connectivity index (χ3n) is 8.59. The summed E-state index contributed by atoms with van der Waals surface area (Å²) in [6.45, 7) is 14.3. The summed E-state index contributed by atoms with van der Waals surface area (Å²) >= 11 is 0. The molecule has 2 heterocycles. The fraction of sp³-hybridized carbons (Fsp3) is 0.571. The molecule has 4 amide bonds. The number of carbonyl (C=O) groups excluding carboxylic acids is 4. The van der Waals surface area contributed by atoms with Crippen LogP contribution in [-0.4, -0.2) is 83.2 Å². The summed E-state index contributed by atoms with van der Waals surface area (Å²) in [5.41, 5.74) is -5.35. The molecule has 13 nitrogen and oxygen atoms in total. The molecule has 1 aromatic carbocycles. The van der Waals surface area contributed by atoms with Gasteiger partial charge < -0.3 is 25.0 Å². The summed E-state index contributed by atoms with van der Waals surface area (Å²) in [6, 6.07) is 0.752. The Morgan fingerprint density at radius 3 is 2.25 bits per heavy atom. The number of hydrogen-bond donors (Lipinski definition) is 3. The Kier molecular flexibility index (Phi) is 11.5. The van der Waals surface area contributed by atoms with E-state index < -0.39 is 104 Å². The van der Waals surface area contributed by atoms with E-state index in [0.29, 0.717) is 18.9 Å². The van der Waals surface area contributed by atoms with Gasteiger partial charge in [0.1, 0.15) is 46.6 Å². The van der Waals surface area contributed by atoms with Crippen LogP contribution in [-0.2, 0) is 35.3 Å². The van der Waals surface area contributed by atoms with E-state index in [0.717, 1.165) is 23.1 Å². The number of halogens is 4. The summed E-state index contributed by atoms with van der Waals surface area (Å²) in [5, 5.41) is 4.25. The number of likely N-dealkylation sites (tertiary alicyclic amines) is 1. The van der Waals surface area contributed by atoms with Crippen LogP contribution >= 0.6 is 0 Å². The molecule has 2 fully saturated rings. The molecule has 1 saturated heterocycles. The lowest BCUT2D eigenvalue weighted by molar-refractivity contribution is -0.143. The van der Waals surface area contributed by atoms with Gasteiger partial charge in [0.05, 0.1) is 17.3 Å². The number of carbonyl (C=O) groups is 4. The Balaban J connectivity index is 1.73. The number of alkyl halides is 3. The standard InChI is InChI=1S/C35H45F4N5O8S/c1-9-14-34(8,30(47)43-53(49,50)21-11-12-21)42-28(45)24-16-20(18-44(24)29(46)27(32(2,3)4)41-31(48)52-33(5,6)7)51-25-17-26(35(37,38)39)40-23-13-10-19(36)15-22(23)25/h9-10,13,15,17,20-21,24,27H,1,11-12,14,16,18H2,2-8H3,(H,41,48)(H,42,45)(H,43,47)/t20-,24-,27-,34+/m1/s1. The van der Waals surface area contributed by atoms with Gasteiger partial charge in [0.25, 0.3) is 5.91 Å². The highest BCUT2D eigenvalue weighted by atomic mass is 32.2. The molecule has 18 heteroatoms. The Labute approximate surface area is 305 Å². The van der Waals surface area contributed by atoms with Crippen LogP contribution in [0.2, 0.25) is 0 Å². The second-order valence-electron chi connectivity index (χ2n) is 15.6. The van der Waals surface area contributed by atoms with E-state index in [4.69, 9.17) is 9.47 Å². The van der Waals surface area contributed by atoms with Crippen molar-refractivity contribution in [3.63, 3.8) is 0 Å². The minimum Gasteiger partial charge on any atom is -0.488 e. The zero-order valence-corrected chi connectivity index (χ0v) is 31.3. The Bertz CT molecular complexity index is 1890. The molecule has 4 rings (SSSR count). The zero-order chi connectivity index (χ0) is 39.9. The molecular formula is C35H45F4N5O8S. The van der Waals surface area contributed by atoms with E-state index in [1.165, 1.54) is 13.0 Å². The van der Waals surface area contributed by atoms with Crippen molar-refractivity contribution in [2.75, 3.05) is 6.54 Å². The maximum absolute atomic E-state index is 14.4. The van der Waals surface area contributed by atoms with Gasteiger partial charge in [-0.05, 0) is 70.6 Å². The molecule has 1 aliphatic heterocycles. The van der Waals surface area contributed by atoms with Gasteiger partial charge in [0.15, 0.2) is 0 Å².